The second-order valence-electron chi connectivity index (χ2n) is 5.52. The van der Waals surface area contributed by atoms with Crippen LogP contribution in [0.4, 0.5) is 0 Å². The van der Waals surface area contributed by atoms with Crippen LogP contribution in [0.25, 0.3) is 0 Å². The van der Waals surface area contributed by atoms with Crippen molar-refractivity contribution in [3.8, 4) is 0 Å². The zero-order valence-electron chi connectivity index (χ0n) is 10.9. The quantitative estimate of drug-likeness (QED) is 0.753. The second kappa shape index (κ2) is 6.24. The SMILES string of the molecule is CCCNC(=O)CNC1CCCCC1(C)C. The third-order valence-electron chi connectivity index (χ3n) is 3.59. The van der Waals surface area contributed by atoms with Crippen molar-refractivity contribution in [1.82, 2.24) is 10.6 Å². The molecule has 0 aromatic rings. The minimum Gasteiger partial charge on any atom is -0.355 e. The number of hydrogen-bond donors (Lipinski definition) is 2. The lowest BCUT2D eigenvalue weighted by atomic mass is 9.73. The Morgan fingerprint density at radius 1 is 1.38 bits per heavy atom. The van der Waals surface area contributed by atoms with Crippen molar-refractivity contribution in [1.29, 1.82) is 0 Å². The fraction of sp³-hybridized carbons (Fsp3) is 0.923. The van der Waals surface area contributed by atoms with Crippen LogP contribution in [-0.2, 0) is 4.79 Å². The summed E-state index contributed by atoms with van der Waals surface area (Å²) in [5.41, 5.74) is 0.337. The third kappa shape index (κ3) is 4.12. The van der Waals surface area contributed by atoms with Crippen molar-refractivity contribution in [2.45, 2.75) is 58.9 Å². The standard InChI is InChI=1S/C13H26N2O/c1-4-9-14-12(16)10-15-11-7-5-6-8-13(11,2)3/h11,15H,4-10H2,1-3H3,(H,14,16). The first-order valence-corrected chi connectivity index (χ1v) is 6.56. The van der Waals surface area contributed by atoms with Gasteiger partial charge in [-0.2, -0.15) is 0 Å². The maximum Gasteiger partial charge on any atom is 0.233 e. The van der Waals surface area contributed by atoms with Gasteiger partial charge in [-0.3, -0.25) is 4.79 Å². The highest BCUT2D eigenvalue weighted by atomic mass is 16.1. The van der Waals surface area contributed by atoms with E-state index in [1.54, 1.807) is 0 Å². The molecule has 16 heavy (non-hydrogen) atoms. The van der Waals surface area contributed by atoms with E-state index in [2.05, 4.69) is 31.4 Å². The maximum absolute atomic E-state index is 11.5. The molecule has 1 atom stereocenters. The molecule has 0 aliphatic heterocycles. The van der Waals surface area contributed by atoms with Gasteiger partial charge in [0.2, 0.25) is 5.91 Å². The highest BCUT2D eigenvalue weighted by Gasteiger charge is 2.31. The van der Waals surface area contributed by atoms with Crippen LogP contribution in [0.3, 0.4) is 0 Å². The van der Waals surface area contributed by atoms with Crippen LogP contribution in [0, 0.1) is 5.41 Å². The van der Waals surface area contributed by atoms with E-state index in [9.17, 15) is 4.79 Å². The van der Waals surface area contributed by atoms with Gasteiger partial charge in [-0.15, -0.1) is 0 Å². The normalized spacial score (nSPS) is 24.1. The molecule has 2 N–H and O–H groups in total. The van der Waals surface area contributed by atoms with Crippen LogP contribution in [0.15, 0.2) is 0 Å². The first-order valence-electron chi connectivity index (χ1n) is 6.56. The molecule has 1 fully saturated rings. The lowest BCUT2D eigenvalue weighted by Crippen LogP contribution is -2.47. The Morgan fingerprint density at radius 2 is 2.12 bits per heavy atom. The van der Waals surface area contributed by atoms with Gasteiger partial charge in [-0.25, -0.2) is 0 Å². The predicted octanol–water partition coefficient (Wildman–Crippen LogP) is 2.07. The largest absolute Gasteiger partial charge is 0.355 e. The average Bonchev–Trinajstić information content (AvgIpc) is 2.24. The lowest BCUT2D eigenvalue weighted by molar-refractivity contribution is -0.120. The van der Waals surface area contributed by atoms with Gasteiger partial charge in [-0.05, 0) is 24.7 Å². The van der Waals surface area contributed by atoms with Gasteiger partial charge in [0.25, 0.3) is 0 Å². The van der Waals surface area contributed by atoms with Crippen molar-refractivity contribution in [2.75, 3.05) is 13.1 Å². The van der Waals surface area contributed by atoms with Crippen LogP contribution < -0.4 is 10.6 Å². The van der Waals surface area contributed by atoms with Gasteiger partial charge in [0.1, 0.15) is 0 Å². The zero-order valence-corrected chi connectivity index (χ0v) is 10.9. The van der Waals surface area contributed by atoms with Crippen LogP contribution in [0.2, 0.25) is 0 Å². The average molecular weight is 226 g/mol. The van der Waals surface area contributed by atoms with E-state index in [-0.39, 0.29) is 5.91 Å². The molecule has 0 bridgehead atoms. The molecule has 0 aromatic carbocycles. The van der Waals surface area contributed by atoms with Crippen molar-refractivity contribution >= 4 is 5.91 Å². The van der Waals surface area contributed by atoms with Crippen LogP contribution in [-0.4, -0.2) is 25.0 Å². The number of carbonyl (C=O) groups excluding carboxylic acids is 1. The highest BCUT2D eigenvalue weighted by Crippen LogP contribution is 2.35. The minimum atomic E-state index is 0.128. The zero-order chi connectivity index (χ0) is 12.0. The van der Waals surface area contributed by atoms with E-state index >= 15 is 0 Å². The summed E-state index contributed by atoms with van der Waals surface area (Å²) in [6.45, 7) is 7.92. The van der Waals surface area contributed by atoms with Gasteiger partial charge >= 0.3 is 0 Å². The molecule has 1 aliphatic carbocycles. The summed E-state index contributed by atoms with van der Waals surface area (Å²) < 4.78 is 0. The first-order chi connectivity index (χ1) is 7.56. The highest BCUT2D eigenvalue weighted by molar-refractivity contribution is 5.77. The molecule has 0 heterocycles. The van der Waals surface area contributed by atoms with Gasteiger partial charge < -0.3 is 10.6 Å². The fourth-order valence-corrected chi connectivity index (χ4v) is 2.42. The molecular formula is C13H26N2O. The molecule has 3 heteroatoms. The Balaban J connectivity index is 2.27. The van der Waals surface area contributed by atoms with Crippen molar-refractivity contribution in [2.24, 2.45) is 5.41 Å². The van der Waals surface area contributed by atoms with Crippen molar-refractivity contribution in [3.63, 3.8) is 0 Å². The molecule has 1 aliphatic rings. The van der Waals surface area contributed by atoms with Crippen LogP contribution >= 0.6 is 0 Å². The van der Waals surface area contributed by atoms with Crippen LogP contribution in [0.1, 0.15) is 52.9 Å². The number of hydrogen-bond acceptors (Lipinski definition) is 2. The lowest BCUT2D eigenvalue weighted by Gasteiger charge is -2.39. The Bertz CT molecular complexity index is 226. The summed E-state index contributed by atoms with van der Waals surface area (Å²) in [5, 5.41) is 6.31. The number of carbonyl (C=O) groups is 1. The molecule has 0 saturated heterocycles. The summed E-state index contributed by atoms with van der Waals surface area (Å²) >= 11 is 0. The van der Waals surface area contributed by atoms with Crippen LogP contribution in [0.5, 0.6) is 0 Å². The molecule has 1 amide bonds. The van der Waals surface area contributed by atoms with Gasteiger partial charge in [0, 0.05) is 12.6 Å². The molecule has 94 valence electrons. The monoisotopic (exact) mass is 226 g/mol. The van der Waals surface area contributed by atoms with E-state index in [1.165, 1.54) is 25.7 Å². The molecule has 0 spiro atoms. The third-order valence-corrected chi connectivity index (χ3v) is 3.59. The molecule has 3 nitrogen and oxygen atoms in total. The Morgan fingerprint density at radius 3 is 2.75 bits per heavy atom. The topological polar surface area (TPSA) is 41.1 Å². The summed E-state index contributed by atoms with van der Waals surface area (Å²) in [4.78, 5) is 11.5. The molecular weight excluding hydrogens is 200 g/mol. The van der Waals surface area contributed by atoms with E-state index in [0.29, 0.717) is 18.0 Å². The molecule has 0 radical (unpaired) electrons. The molecule has 1 saturated carbocycles. The van der Waals surface area contributed by atoms with E-state index in [1.807, 2.05) is 0 Å². The molecule has 1 unspecified atom stereocenters. The maximum atomic E-state index is 11.5. The van der Waals surface area contributed by atoms with Gasteiger partial charge in [-0.1, -0.05) is 33.6 Å². The Labute approximate surface area is 99.4 Å². The molecule has 0 aromatic heterocycles. The summed E-state index contributed by atoms with van der Waals surface area (Å²) in [7, 11) is 0. The number of nitrogens with one attached hydrogen (secondary N) is 2. The van der Waals surface area contributed by atoms with Crippen molar-refractivity contribution in [3.05, 3.63) is 0 Å². The summed E-state index contributed by atoms with van der Waals surface area (Å²) in [5.74, 6) is 0.128. The number of rotatable bonds is 5. The van der Waals surface area contributed by atoms with Gasteiger partial charge in [0.05, 0.1) is 6.54 Å². The molecule has 1 rings (SSSR count). The van der Waals surface area contributed by atoms with Gasteiger partial charge in [0.15, 0.2) is 0 Å². The smallest absolute Gasteiger partial charge is 0.233 e. The fourth-order valence-electron chi connectivity index (χ4n) is 2.42. The second-order valence-corrected chi connectivity index (χ2v) is 5.52. The van der Waals surface area contributed by atoms with Crippen molar-refractivity contribution < 1.29 is 4.79 Å². The van der Waals surface area contributed by atoms with E-state index in [0.717, 1.165) is 13.0 Å². The Hall–Kier alpha value is -0.570. The summed E-state index contributed by atoms with van der Waals surface area (Å²) in [6, 6.07) is 0.494. The summed E-state index contributed by atoms with van der Waals surface area (Å²) in [6.07, 6.45) is 6.08. The number of amides is 1. The first kappa shape index (κ1) is 13.5. The Kier molecular flexibility index (Phi) is 5.26. The predicted molar refractivity (Wildman–Crippen MR) is 67.3 cm³/mol. The minimum absolute atomic E-state index is 0.128. The van der Waals surface area contributed by atoms with E-state index in [4.69, 9.17) is 0 Å². The van der Waals surface area contributed by atoms with E-state index < -0.39 is 0 Å².